The van der Waals surface area contributed by atoms with Crippen molar-refractivity contribution in [1.29, 1.82) is 0 Å². The fourth-order valence-corrected chi connectivity index (χ4v) is 2.18. The molecule has 1 aliphatic rings. The van der Waals surface area contributed by atoms with Gasteiger partial charge in [0.1, 0.15) is 0 Å². The molecule has 1 aromatic carbocycles. The number of aliphatic hydroxyl groups is 1. The molecule has 4 heteroatoms. The zero-order valence-corrected chi connectivity index (χ0v) is 10.3. The first-order valence-corrected chi connectivity index (χ1v) is 6.27. The van der Waals surface area contributed by atoms with E-state index in [1.165, 1.54) is 4.90 Å². The van der Waals surface area contributed by atoms with Crippen molar-refractivity contribution < 1.29 is 14.7 Å². The van der Waals surface area contributed by atoms with Gasteiger partial charge in [-0.15, -0.1) is 0 Å². The van der Waals surface area contributed by atoms with E-state index < -0.39 is 0 Å². The summed E-state index contributed by atoms with van der Waals surface area (Å²) in [6, 6.07) is 7.26. The second-order valence-corrected chi connectivity index (χ2v) is 4.47. The number of rotatable bonds is 5. The van der Waals surface area contributed by atoms with Gasteiger partial charge in [-0.05, 0) is 30.9 Å². The number of carbonyl (C=O) groups excluding carboxylic acids is 2. The molecular weight excluding hydrogens is 230 g/mol. The maximum absolute atomic E-state index is 12.1. The Labute approximate surface area is 106 Å². The van der Waals surface area contributed by atoms with Crippen molar-refractivity contribution in [3.8, 4) is 0 Å². The van der Waals surface area contributed by atoms with E-state index in [0.717, 1.165) is 18.4 Å². The molecule has 0 aromatic heterocycles. The fraction of sp³-hybridized carbons (Fsp3) is 0.429. The first-order valence-electron chi connectivity index (χ1n) is 6.27. The lowest BCUT2D eigenvalue weighted by Gasteiger charge is -2.26. The Bertz CT molecular complexity index is 456. The molecule has 1 N–H and O–H groups in total. The molecule has 2 amide bonds. The highest BCUT2D eigenvalue weighted by Crippen LogP contribution is 2.19. The second kappa shape index (κ2) is 5.78. The first kappa shape index (κ1) is 12.8. The van der Waals surface area contributed by atoms with Crippen molar-refractivity contribution >= 4 is 11.8 Å². The van der Waals surface area contributed by atoms with Crippen molar-refractivity contribution in [3.05, 3.63) is 35.4 Å². The minimum atomic E-state index is -0.189. The van der Waals surface area contributed by atoms with Crippen LogP contribution in [-0.2, 0) is 11.2 Å². The molecule has 0 saturated heterocycles. The average molecular weight is 247 g/mol. The molecule has 0 unspecified atom stereocenters. The fourth-order valence-electron chi connectivity index (χ4n) is 2.18. The Morgan fingerprint density at radius 1 is 1.11 bits per heavy atom. The molecule has 18 heavy (non-hydrogen) atoms. The molecule has 4 nitrogen and oxygen atoms in total. The summed E-state index contributed by atoms with van der Waals surface area (Å²) in [7, 11) is 0. The van der Waals surface area contributed by atoms with Crippen LogP contribution in [0.4, 0.5) is 0 Å². The van der Waals surface area contributed by atoms with Crippen molar-refractivity contribution in [2.45, 2.75) is 25.7 Å². The van der Waals surface area contributed by atoms with E-state index in [1.54, 1.807) is 6.07 Å². The van der Waals surface area contributed by atoms with Crippen LogP contribution in [0.1, 0.15) is 35.2 Å². The summed E-state index contributed by atoms with van der Waals surface area (Å²) in [5, 5.41) is 8.69. The Balaban J connectivity index is 2.05. The molecule has 0 bridgehead atoms. The van der Waals surface area contributed by atoms with E-state index in [0.29, 0.717) is 24.9 Å². The summed E-state index contributed by atoms with van der Waals surface area (Å²) in [6.45, 7) is 0.608. The molecule has 0 aliphatic carbocycles. The number of carbonyl (C=O) groups is 2. The van der Waals surface area contributed by atoms with Gasteiger partial charge in [0.05, 0.1) is 6.42 Å². The first-order chi connectivity index (χ1) is 8.74. The highest BCUT2D eigenvalue weighted by atomic mass is 16.3. The molecule has 0 spiro atoms. The number of imide groups is 1. The Morgan fingerprint density at radius 3 is 2.67 bits per heavy atom. The molecule has 1 aromatic rings. The normalized spacial score (nSPS) is 14.8. The van der Waals surface area contributed by atoms with Gasteiger partial charge in [0.2, 0.25) is 5.91 Å². The molecule has 0 radical (unpaired) electrons. The number of amides is 2. The highest BCUT2D eigenvalue weighted by Gasteiger charge is 2.29. The molecule has 96 valence electrons. The van der Waals surface area contributed by atoms with Crippen molar-refractivity contribution in [1.82, 2.24) is 4.90 Å². The largest absolute Gasteiger partial charge is 0.396 e. The Hall–Kier alpha value is -1.68. The van der Waals surface area contributed by atoms with Gasteiger partial charge in [-0.1, -0.05) is 18.2 Å². The molecule has 0 fully saturated rings. The van der Waals surface area contributed by atoms with Crippen LogP contribution in [0.15, 0.2) is 24.3 Å². The van der Waals surface area contributed by atoms with Gasteiger partial charge >= 0.3 is 0 Å². The lowest BCUT2D eigenvalue weighted by molar-refractivity contribution is -0.128. The van der Waals surface area contributed by atoms with Crippen molar-refractivity contribution in [2.75, 3.05) is 13.2 Å². The van der Waals surface area contributed by atoms with E-state index in [-0.39, 0.29) is 18.4 Å². The average Bonchev–Trinajstić information content (AvgIpc) is 2.38. The van der Waals surface area contributed by atoms with Gasteiger partial charge in [0.15, 0.2) is 0 Å². The number of hydrogen-bond donors (Lipinski definition) is 1. The van der Waals surface area contributed by atoms with Crippen LogP contribution in [0.2, 0.25) is 0 Å². The van der Waals surface area contributed by atoms with Crippen LogP contribution < -0.4 is 0 Å². The zero-order valence-electron chi connectivity index (χ0n) is 10.3. The summed E-state index contributed by atoms with van der Waals surface area (Å²) in [5.41, 5.74) is 1.46. The van der Waals surface area contributed by atoms with Gasteiger partial charge in [0.25, 0.3) is 5.91 Å². The highest BCUT2D eigenvalue weighted by molar-refractivity contribution is 6.09. The Kier molecular flexibility index (Phi) is 4.10. The standard InChI is InChI=1S/C14H17NO3/c16-9-5-1-4-8-15-13(17)10-11-6-2-3-7-12(11)14(15)18/h2-3,6-7,16H,1,4-5,8-10H2. The van der Waals surface area contributed by atoms with Gasteiger partial charge in [-0.2, -0.15) is 0 Å². The van der Waals surface area contributed by atoms with E-state index in [9.17, 15) is 9.59 Å². The number of fused-ring (bicyclic) bond motifs is 1. The van der Waals surface area contributed by atoms with E-state index >= 15 is 0 Å². The van der Waals surface area contributed by atoms with Crippen LogP contribution in [0, 0.1) is 0 Å². The predicted octanol–water partition coefficient (Wildman–Crippen LogP) is 1.37. The molecule has 1 aliphatic heterocycles. The van der Waals surface area contributed by atoms with Crippen LogP contribution >= 0.6 is 0 Å². The number of nitrogens with zero attached hydrogens (tertiary/aromatic N) is 1. The van der Waals surface area contributed by atoms with Gasteiger partial charge in [0, 0.05) is 18.7 Å². The van der Waals surface area contributed by atoms with Crippen LogP contribution in [-0.4, -0.2) is 35.0 Å². The topological polar surface area (TPSA) is 57.6 Å². The lowest BCUT2D eigenvalue weighted by atomic mass is 9.98. The van der Waals surface area contributed by atoms with Crippen molar-refractivity contribution in [3.63, 3.8) is 0 Å². The van der Waals surface area contributed by atoms with Gasteiger partial charge in [-0.3, -0.25) is 14.5 Å². The van der Waals surface area contributed by atoms with Crippen molar-refractivity contribution in [2.24, 2.45) is 0 Å². The maximum atomic E-state index is 12.1. The van der Waals surface area contributed by atoms with Crippen LogP contribution in [0.25, 0.3) is 0 Å². The molecule has 0 saturated carbocycles. The lowest BCUT2D eigenvalue weighted by Crippen LogP contribution is -2.42. The summed E-state index contributed by atoms with van der Waals surface area (Å²) in [5.74, 6) is -0.312. The zero-order chi connectivity index (χ0) is 13.0. The van der Waals surface area contributed by atoms with Gasteiger partial charge in [-0.25, -0.2) is 0 Å². The number of unbranched alkanes of at least 4 members (excludes halogenated alkanes) is 2. The molecule has 1 heterocycles. The quantitative estimate of drug-likeness (QED) is 0.631. The minimum absolute atomic E-state index is 0.123. The summed E-state index contributed by atoms with van der Waals surface area (Å²) < 4.78 is 0. The summed E-state index contributed by atoms with van der Waals surface area (Å²) in [4.78, 5) is 25.4. The number of hydrogen-bond acceptors (Lipinski definition) is 3. The second-order valence-electron chi connectivity index (χ2n) is 4.47. The third-order valence-corrected chi connectivity index (χ3v) is 3.18. The number of aliphatic hydroxyl groups excluding tert-OH is 1. The van der Waals surface area contributed by atoms with E-state index in [2.05, 4.69) is 0 Å². The van der Waals surface area contributed by atoms with Gasteiger partial charge < -0.3 is 5.11 Å². The minimum Gasteiger partial charge on any atom is -0.396 e. The van der Waals surface area contributed by atoms with E-state index in [1.807, 2.05) is 18.2 Å². The smallest absolute Gasteiger partial charge is 0.260 e. The molecular formula is C14H17NO3. The van der Waals surface area contributed by atoms with Crippen LogP contribution in [0.3, 0.4) is 0 Å². The predicted molar refractivity (Wildman–Crippen MR) is 67.1 cm³/mol. The Morgan fingerprint density at radius 2 is 1.89 bits per heavy atom. The SMILES string of the molecule is O=C1Cc2ccccc2C(=O)N1CCCCCO. The van der Waals surface area contributed by atoms with E-state index in [4.69, 9.17) is 5.11 Å². The molecule has 2 rings (SSSR count). The summed E-state index contributed by atoms with van der Waals surface area (Å²) >= 11 is 0. The monoisotopic (exact) mass is 247 g/mol. The molecule has 0 atom stereocenters. The third kappa shape index (κ3) is 2.59. The number of benzene rings is 1. The summed E-state index contributed by atoms with van der Waals surface area (Å²) in [6.07, 6.45) is 2.60. The maximum Gasteiger partial charge on any atom is 0.260 e. The third-order valence-electron chi connectivity index (χ3n) is 3.18. The van der Waals surface area contributed by atoms with Crippen LogP contribution in [0.5, 0.6) is 0 Å².